The van der Waals surface area contributed by atoms with Crippen LogP contribution in [0.2, 0.25) is 5.15 Å². The molecule has 0 radical (unpaired) electrons. The largest absolute Gasteiger partial charge is 0.278 e. The summed E-state index contributed by atoms with van der Waals surface area (Å²) in [6, 6.07) is 4.48. The molecule has 2 rings (SSSR count). The number of sulfonamides is 1. The summed E-state index contributed by atoms with van der Waals surface area (Å²) in [5, 5.41) is 0.236. The first-order chi connectivity index (χ1) is 8.88. The Morgan fingerprint density at radius 1 is 1.26 bits per heavy atom. The van der Waals surface area contributed by atoms with Gasteiger partial charge in [-0.25, -0.2) is 18.4 Å². The van der Waals surface area contributed by atoms with Crippen molar-refractivity contribution in [1.29, 1.82) is 0 Å². The van der Waals surface area contributed by atoms with Gasteiger partial charge in [0.05, 0.1) is 11.9 Å². The summed E-state index contributed by atoms with van der Waals surface area (Å²) in [5.41, 5.74) is 1.21. The smallest absolute Gasteiger partial charge is 0.263 e. The average Bonchev–Trinajstić information content (AvgIpc) is 2.34. The Morgan fingerprint density at radius 3 is 2.58 bits per heavy atom. The number of hydrogen-bond donors (Lipinski definition) is 1. The van der Waals surface area contributed by atoms with Gasteiger partial charge in [0, 0.05) is 6.20 Å². The first-order valence-electron chi connectivity index (χ1n) is 5.15. The number of aromatic nitrogens is 2. The van der Waals surface area contributed by atoms with Crippen LogP contribution in [-0.4, -0.2) is 18.4 Å². The maximum absolute atomic E-state index is 12.1. The van der Waals surface area contributed by atoms with Crippen molar-refractivity contribution >= 4 is 43.2 Å². The molecule has 0 fully saturated rings. The van der Waals surface area contributed by atoms with Crippen molar-refractivity contribution < 1.29 is 8.42 Å². The van der Waals surface area contributed by atoms with Crippen LogP contribution in [0.25, 0.3) is 0 Å². The summed E-state index contributed by atoms with van der Waals surface area (Å²) >= 11 is 8.87. The highest BCUT2D eigenvalue weighted by Gasteiger charge is 2.15. The summed E-state index contributed by atoms with van der Waals surface area (Å²) in [7, 11) is -3.69. The molecule has 0 spiro atoms. The first kappa shape index (κ1) is 14.2. The SMILES string of the molecule is Cc1cc(NS(=O)(=O)c2ccc(Cl)nc2)cnc1Br. The van der Waals surface area contributed by atoms with Crippen LogP contribution in [0.5, 0.6) is 0 Å². The van der Waals surface area contributed by atoms with Crippen molar-refractivity contribution in [2.45, 2.75) is 11.8 Å². The molecule has 0 atom stereocenters. The van der Waals surface area contributed by atoms with Crippen molar-refractivity contribution in [2.24, 2.45) is 0 Å². The first-order valence-corrected chi connectivity index (χ1v) is 7.80. The summed E-state index contributed by atoms with van der Waals surface area (Å²) in [5.74, 6) is 0. The summed E-state index contributed by atoms with van der Waals surface area (Å²) in [6.07, 6.45) is 2.63. The molecule has 2 aromatic rings. The Labute approximate surface area is 124 Å². The summed E-state index contributed by atoms with van der Waals surface area (Å²) in [6.45, 7) is 1.82. The Bertz CT molecular complexity index is 704. The maximum Gasteiger partial charge on any atom is 0.263 e. The van der Waals surface area contributed by atoms with Gasteiger partial charge in [0.25, 0.3) is 10.0 Å². The van der Waals surface area contributed by atoms with Gasteiger partial charge in [-0.15, -0.1) is 0 Å². The second kappa shape index (κ2) is 5.44. The Balaban J connectivity index is 2.30. The molecule has 0 aliphatic carbocycles. The fourth-order valence-electron chi connectivity index (χ4n) is 1.35. The molecule has 2 aromatic heterocycles. The minimum atomic E-state index is -3.69. The monoisotopic (exact) mass is 361 g/mol. The molecule has 0 bridgehead atoms. The van der Waals surface area contributed by atoms with Gasteiger partial charge in [-0.2, -0.15) is 0 Å². The number of halogens is 2. The molecule has 0 aromatic carbocycles. The number of hydrogen-bond acceptors (Lipinski definition) is 4. The zero-order chi connectivity index (χ0) is 14.0. The van der Waals surface area contributed by atoms with Crippen molar-refractivity contribution in [3.8, 4) is 0 Å². The molecule has 100 valence electrons. The van der Waals surface area contributed by atoms with E-state index in [2.05, 4.69) is 30.6 Å². The number of nitrogens with zero attached hydrogens (tertiary/aromatic N) is 2. The van der Waals surface area contributed by atoms with Crippen LogP contribution < -0.4 is 4.72 Å². The van der Waals surface area contributed by atoms with E-state index < -0.39 is 10.0 Å². The topological polar surface area (TPSA) is 72.0 Å². The minimum absolute atomic E-state index is 0.0393. The second-order valence-electron chi connectivity index (χ2n) is 3.75. The Hall–Kier alpha value is -1.18. The lowest BCUT2D eigenvalue weighted by atomic mass is 10.3. The van der Waals surface area contributed by atoms with Crippen LogP contribution in [-0.2, 0) is 10.0 Å². The maximum atomic E-state index is 12.1. The van der Waals surface area contributed by atoms with Crippen LogP contribution in [0, 0.1) is 6.92 Å². The third-order valence-corrected chi connectivity index (χ3v) is 4.70. The molecular weight excluding hydrogens is 354 g/mol. The number of rotatable bonds is 3. The lowest BCUT2D eigenvalue weighted by Gasteiger charge is -2.08. The second-order valence-corrected chi connectivity index (χ2v) is 6.57. The van der Waals surface area contributed by atoms with Crippen molar-refractivity contribution in [3.63, 3.8) is 0 Å². The molecule has 1 N–H and O–H groups in total. The molecule has 8 heteroatoms. The molecule has 0 aliphatic heterocycles. The van der Waals surface area contributed by atoms with Crippen LogP contribution in [0.15, 0.2) is 40.1 Å². The van der Waals surface area contributed by atoms with Gasteiger partial charge in [-0.05, 0) is 46.6 Å². The minimum Gasteiger partial charge on any atom is -0.278 e. The van der Waals surface area contributed by atoms with Crippen LogP contribution in [0.1, 0.15) is 5.56 Å². The van der Waals surface area contributed by atoms with E-state index in [1.54, 1.807) is 6.07 Å². The van der Waals surface area contributed by atoms with E-state index in [1.165, 1.54) is 24.5 Å². The molecule has 19 heavy (non-hydrogen) atoms. The lowest BCUT2D eigenvalue weighted by molar-refractivity contribution is 0.601. The fourth-order valence-corrected chi connectivity index (χ4v) is 2.66. The zero-order valence-electron chi connectivity index (χ0n) is 9.76. The predicted octanol–water partition coefficient (Wildman–Crippen LogP) is 3.00. The predicted molar refractivity (Wildman–Crippen MR) is 76.7 cm³/mol. The molecule has 0 unspecified atom stereocenters. The summed E-state index contributed by atoms with van der Waals surface area (Å²) in [4.78, 5) is 7.80. The fraction of sp³-hybridized carbons (Fsp3) is 0.0909. The zero-order valence-corrected chi connectivity index (χ0v) is 12.9. The van der Waals surface area contributed by atoms with E-state index in [0.29, 0.717) is 10.3 Å². The molecule has 0 saturated carbocycles. The molecule has 0 aliphatic rings. The van der Waals surface area contributed by atoms with Gasteiger partial charge in [0.2, 0.25) is 0 Å². The lowest BCUT2D eigenvalue weighted by Crippen LogP contribution is -2.13. The molecule has 0 saturated heterocycles. The molecule has 5 nitrogen and oxygen atoms in total. The average molecular weight is 363 g/mol. The standard InChI is InChI=1S/C11H9BrClN3O2S/c1-7-4-8(5-15-11(7)12)16-19(17,18)9-2-3-10(13)14-6-9/h2-6,16H,1H3. The van der Waals surface area contributed by atoms with E-state index in [0.717, 1.165) is 5.56 Å². The number of anilines is 1. The van der Waals surface area contributed by atoms with Crippen LogP contribution >= 0.6 is 27.5 Å². The van der Waals surface area contributed by atoms with E-state index in [-0.39, 0.29) is 10.0 Å². The van der Waals surface area contributed by atoms with E-state index in [9.17, 15) is 8.42 Å². The Morgan fingerprint density at radius 2 is 2.00 bits per heavy atom. The summed E-state index contributed by atoms with van der Waals surface area (Å²) < 4.78 is 27.2. The number of pyridine rings is 2. The van der Waals surface area contributed by atoms with Gasteiger partial charge in [-0.3, -0.25) is 4.72 Å². The van der Waals surface area contributed by atoms with Gasteiger partial charge in [0.1, 0.15) is 14.7 Å². The van der Waals surface area contributed by atoms with E-state index in [1.807, 2.05) is 6.92 Å². The highest BCUT2D eigenvalue weighted by molar-refractivity contribution is 9.10. The highest BCUT2D eigenvalue weighted by atomic mass is 79.9. The van der Waals surface area contributed by atoms with Gasteiger partial charge in [-0.1, -0.05) is 11.6 Å². The van der Waals surface area contributed by atoms with Crippen LogP contribution in [0.3, 0.4) is 0 Å². The molecular formula is C11H9BrClN3O2S. The van der Waals surface area contributed by atoms with E-state index in [4.69, 9.17) is 11.6 Å². The van der Waals surface area contributed by atoms with Crippen molar-refractivity contribution in [1.82, 2.24) is 9.97 Å². The van der Waals surface area contributed by atoms with Crippen molar-refractivity contribution in [2.75, 3.05) is 4.72 Å². The van der Waals surface area contributed by atoms with Crippen LogP contribution in [0.4, 0.5) is 5.69 Å². The quantitative estimate of drug-likeness (QED) is 0.852. The normalized spacial score (nSPS) is 11.3. The molecule has 0 amide bonds. The number of aryl methyl sites for hydroxylation is 1. The van der Waals surface area contributed by atoms with E-state index >= 15 is 0 Å². The van der Waals surface area contributed by atoms with Crippen molar-refractivity contribution in [3.05, 3.63) is 45.9 Å². The number of nitrogens with one attached hydrogen (secondary N) is 1. The van der Waals surface area contributed by atoms with Gasteiger partial charge >= 0.3 is 0 Å². The Kier molecular flexibility index (Phi) is 4.07. The third-order valence-electron chi connectivity index (χ3n) is 2.28. The van der Waals surface area contributed by atoms with Gasteiger partial charge < -0.3 is 0 Å². The molecule has 2 heterocycles. The highest BCUT2D eigenvalue weighted by Crippen LogP contribution is 2.20. The van der Waals surface area contributed by atoms with Gasteiger partial charge in [0.15, 0.2) is 0 Å². The third kappa shape index (κ3) is 3.43.